The van der Waals surface area contributed by atoms with Gasteiger partial charge >= 0.3 is 0 Å². The van der Waals surface area contributed by atoms with Crippen LogP contribution in [-0.4, -0.2) is 4.57 Å². The Labute approximate surface area is 89.7 Å². The molecule has 1 aliphatic heterocycles. The van der Waals surface area contributed by atoms with Crippen LogP contribution in [0.5, 0.6) is 0 Å². The standard InChI is InChI=1S/C14H13N/c1-2-5-12(6-3-1)13-8-10-15-9-4-7-14(15)11-13/h1-7,9,11H,8,10H2. The zero-order valence-electron chi connectivity index (χ0n) is 8.56. The Morgan fingerprint density at radius 3 is 2.67 bits per heavy atom. The molecule has 2 aromatic rings. The number of rotatable bonds is 1. The van der Waals surface area contributed by atoms with Gasteiger partial charge in [-0.25, -0.2) is 0 Å². The number of hydrogen-bond acceptors (Lipinski definition) is 0. The van der Waals surface area contributed by atoms with Gasteiger partial charge in [0.05, 0.1) is 0 Å². The fraction of sp³-hybridized carbons (Fsp3) is 0.143. The highest BCUT2D eigenvalue weighted by atomic mass is 15.0. The van der Waals surface area contributed by atoms with Crippen molar-refractivity contribution in [3.05, 3.63) is 59.9 Å². The molecule has 0 bridgehead atoms. The third-order valence-corrected chi connectivity index (χ3v) is 2.95. The van der Waals surface area contributed by atoms with Crippen molar-refractivity contribution in [3.8, 4) is 0 Å². The van der Waals surface area contributed by atoms with Gasteiger partial charge in [0.2, 0.25) is 0 Å². The second-order valence-corrected chi connectivity index (χ2v) is 3.91. The first-order valence-corrected chi connectivity index (χ1v) is 5.34. The number of allylic oxidation sites excluding steroid dienone is 1. The molecule has 0 spiro atoms. The summed E-state index contributed by atoms with van der Waals surface area (Å²) in [7, 11) is 0. The van der Waals surface area contributed by atoms with E-state index in [1.54, 1.807) is 0 Å². The fourth-order valence-corrected chi connectivity index (χ4v) is 2.13. The van der Waals surface area contributed by atoms with Crippen molar-refractivity contribution in [2.45, 2.75) is 13.0 Å². The van der Waals surface area contributed by atoms with Gasteiger partial charge in [-0.2, -0.15) is 0 Å². The lowest BCUT2D eigenvalue weighted by atomic mass is 10.00. The highest BCUT2D eigenvalue weighted by Gasteiger charge is 2.09. The van der Waals surface area contributed by atoms with Crippen LogP contribution in [0.3, 0.4) is 0 Å². The second-order valence-electron chi connectivity index (χ2n) is 3.91. The Hall–Kier alpha value is -1.76. The summed E-state index contributed by atoms with van der Waals surface area (Å²) < 4.78 is 2.30. The first kappa shape index (κ1) is 8.54. The molecule has 1 nitrogen and oxygen atoms in total. The highest BCUT2D eigenvalue weighted by molar-refractivity contribution is 5.81. The maximum atomic E-state index is 2.30. The van der Waals surface area contributed by atoms with Gasteiger partial charge in [0.15, 0.2) is 0 Å². The summed E-state index contributed by atoms with van der Waals surface area (Å²) in [5.41, 5.74) is 4.12. The largest absolute Gasteiger partial charge is 0.348 e. The quantitative estimate of drug-likeness (QED) is 0.657. The van der Waals surface area contributed by atoms with Gasteiger partial charge in [-0.05, 0) is 35.8 Å². The third kappa shape index (κ3) is 1.50. The summed E-state index contributed by atoms with van der Waals surface area (Å²) in [5, 5.41) is 0. The van der Waals surface area contributed by atoms with Crippen LogP contribution in [0.4, 0.5) is 0 Å². The van der Waals surface area contributed by atoms with E-state index in [9.17, 15) is 0 Å². The number of aryl methyl sites for hydroxylation is 1. The SMILES string of the molecule is C1=C(c2ccccc2)CCn2cccc21. The number of aromatic nitrogens is 1. The molecule has 74 valence electrons. The molecule has 0 radical (unpaired) electrons. The molecule has 1 aliphatic rings. The smallest absolute Gasteiger partial charge is 0.0409 e. The highest BCUT2D eigenvalue weighted by Crippen LogP contribution is 2.26. The van der Waals surface area contributed by atoms with Gasteiger partial charge in [-0.1, -0.05) is 30.3 Å². The lowest BCUT2D eigenvalue weighted by molar-refractivity contribution is 0.706. The summed E-state index contributed by atoms with van der Waals surface area (Å²) in [5.74, 6) is 0. The maximum absolute atomic E-state index is 2.30. The van der Waals surface area contributed by atoms with Crippen LogP contribution in [0.1, 0.15) is 17.7 Å². The van der Waals surface area contributed by atoms with Crippen LogP contribution in [0.25, 0.3) is 11.6 Å². The van der Waals surface area contributed by atoms with E-state index in [0.29, 0.717) is 0 Å². The van der Waals surface area contributed by atoms with Crippen LogP contribution in [0, 0.1) is 0 Å². The van der Waals surface area contributed by atoms with Crippen LogP contribution >= 0.6 is 0 Å². The van der Waals surface area contributed by atoms with E-state index in [1.807, 2.05) is 0 Å². The molecule has 0 saturated carbocycles. The minimum Gasteiger partial charge on any atom is -0.348 e. The van der Waals surface area contributed by atoms with Crippen molar-refractivity contribution < 1.29 is 0 Å². The van der Waals surface area contributed by atoms with Crippen molar-refractivity contribution in [3.63, 3.8) is 0 Å². The number of nitrogens with zero attached hydrogens (tertiary/aromatic N) is 1. The van der Waals surface area contributed by atoms with Gasteiger partial charge in [0, 0.05) is 18.4 Å². The average molecular weight is 195 g/mol. The van der Waals surface area contributed by atoms with Gasteiger partial charge in [0.1, 0.15) is 0 Å². The molecular weight excluding hydrogens is 182 g/mol. The molecule has 15 heavy (non-hydrogen) atoms. The second kappa shape index (κ2) is 3.43. The van der Waals surface area contributed by atoms with Crippen molar-refractivity contribution >= 4 is 11.6 Å². The summed E-state index contributed by atoms with van der Waals surface area (Å²) in [4.78, 5) is 0. The first-order chi connectivity index (χ1) is 7.43. The molecule has 1 aromatic heterocycles. The number of benzene rings is 1. The molecule has 0 atom stereocenters. The molecule has 0 aliphatic carbocycles. The van der Waals surface area contributed by atoms with E-state index in [2.05, 4.69) is 59.3 Å². The van der Waals surface area contributed by atoms with Crippen molar-refractivity contribution in [1.82, 2.24) is 4.57 Å². The summed E-state index contributed by atoms with van der Waals surface area (Å²) in [6, 6.07) is 14.9. The molecule has 2 heterocycles. The van der Waals surface area contributed by atoms with E-state index in [0.717, 1.165) is 13.0 Å². The van der Waals surface area contributed by atoms with E-state index < -0.39 is 0 Å². The van der Waals surface area contributed by atoms with E-state index in [-0.39, 0.29) is 0 Å². The minimum atomic E-state index is 1.10. The summed E-state index contributed by atoms with van der Waals surface area (Å²) in [6.45, 7) is 1.10. The molecule has 3 rings (SSSR count). The van der Waals surface area contributed by atoms with Gasteiger partial charge in [0.25, 0.3) is 0 Å². The minimum absolute atomic E-state index is 1.10. The molecule has 1 heteroatoms. The van der Waals surface area contributed by atoms with E-state index in [1.165, 1.54) is 16.8 Å². The Bertz CT molecular complexity index is 491. The lowest BCUT2D eigenvalue weighted by Gasteiger charge is -2.16. The molecular formula is C14H13N. The molecule has 0 fully saturated rings. The zero-order valence-corrected chi connectivity index (χ0v) is 8.56. The van der Waals surface area contributed by atoms with Gasteiger partial charge in [-0.15, -0.1) is 0 Å². The van der Waals surface area contributed by atoms with Crippen molar-refractivity contribution in [1.29, 1.82) is 0 Å². The topological polar surface area (TPSA) is 4.93 Å². The normalized spacial score (nSPS) is 14.5. The van der Waals surface area contributed by atoms with Gasteiger partial charge < -0.3 is 4.57 Å². The molecule has 1 aromatic carbocycles. The Balaban J connectivity index is 2.04. The molecule has 0 unspecified atom stereocenters. The Kier molecular flexibility index (Phi) is 1.95. The monoisotopic (exact) mass is 195 g/mol. The van der Waals surface area contributed by atoms with Gasteiger partial charge in [-0.3, -0.25) is 0 Å². The molecule has 0 amide bonds. The third-order valence-electron chi connectivity index (χ3n) is 2.95. The molecule has 0 saturated heterocycles. The maximum Gasteiger partial charge on any atom is 0.0409 e. The van der Waals surface area contributed by atoms with E-state index in [4.69, 9.17) is 0 Å². The van der Waals surface area contributed by atoms with Crippen LogP contribution < -0.4 is 0 Å². The van der Waals surface area contributed by atoms with Crippen molar-refractivity contribution in [2.24, 2.45) is 0 Å². The Morgan fingerprint density at radius 2 is 1.80 bits per heavy atom. The fourth-order valence-electron chi connectivity index (χ4n) is 2.13. The van der Waals surface area contributed by atoms with Crippen LogP contribution in [-0.2, 0) is 6.54 Å². The predicted octanol–water partition coefficient (Wildman–Crippen LogP) is 3.43. The lowest BCUT2D eigenvalue weighted by Crippen LogP contribution is -2.04. The summed E-state index contributed by atoms with van der Waals surface area (Å²) in [6.07, 6.45) is 5.57. The van der Waals surface area contributed by atoms with E-state index >= 15 is 0 Å². The van der Waals surface area contributed by atoms with Crippen LogP contribution in [0.2, 0.25) is 0 Å². The number of hydrogen-bond donors (Lipinski definition) is 0. The summed E-state index contributed by atoms with van der Waals surface area (Å²) >= 11 is 0. The number of fused-ring (bicyclic) bond motifs is 1. The predicted molar refractivity (Wildman–Crippen MR) is 63.4 cm³/mol. The van der Waals surface area contributed by atoms with Crippen LogP contribution in [0.15, 0.2) is 48.7 Å². The average Bonchev–Trinajstić information content (AvgIpc) is 2.77. The molecule has 0 N–H and O–H groups in total. The Morgan fingerprint density at radius 1 is 0.933 bits per heavy atom. The first-order valence-electron chi connectivity index (χ1n) is 5.34. The van der Waals surface area contributed by atoms with Crippen molar-refractivity contribution in [2.75, 3.05) is 0 Å². The zero-order chi connectivity index (χ0) is 10.1.